The fourth-order valence-corrected chi connectivity index (χ4v) is 1.71. The molecule has 0 rings (SSSR count). The minimum atomic E-state index is -0.377. The molecule has 18 heavy (non-hydrogen) atoms. The normalized spacial score (nSPS) is 13.1. The van der Waals surface area contributed by atoms with E-state index in [9.17, 15) is 9.90 Å². The van der Waals surface area contributed by atoms with Crippen molar-refractivity contribution >= 4 is 5.91 Å². The smallest absolute Gasteiger partial charge is 0.221 e. The average Bonchev–Trinajstić information content (AvgIpc) is 2.30. The maximum absolute atomic E-state index is 11.3. The quantitative estimate of drug-likeness (QED) is 0.490. The van der Waals surface area contributed by atoms with E-state index in [0.29, 0.717) is 26.1 Å². The number of carbonyl (C=O) groups is 1. The van der Waals surface area contributed by atoms with E-state index in [1.165, 1.54) is 0 Å². The fraction of sp³-hybridized carbons (Fsp3) is 0.923. The Balaban J connectivity index is 3.56. The van der Waals surface area contributed by atoms with Crippen molar-refractivity contribution in [2.24, 2.45) is 0 Å². The maximum Gasteiger partial charge on any atom is 0.221 e. The molecule has 0 fully saturated rings. The Morgan fingerprint density at radius 1 is 1.28 bits per heavy atom. The second-order valence-electron chi connectivity index (χ2n) is 4.82. The van der Waals surface area contributed by atoms with Crippen LogP contribution in [0, 0.1) is 0 Å². The van der Waals surface area contributed by atoms with Crippen molar-refractivity contribution in [2.75, 3.05) is 32.7 Å². The number of nitrogens with zero attached hydrogens (tertiary/aromatic N) is 1. The number of aliphatic hydroxyl groups excluding tert-OH is 1. The lowest BCUT2D eigenvalue weighted by molar-refractivity contribution is -0.121. The molecule has 1 atom stereocenters. The van der Waals surface area contributed by atoms with Gasteiger partial charge in [0, 0.05) is 32.1 Å². The molecular weight excluding hydrogens is 230 g/mol. The van der Waals surface area contributed by atoms with E-state index in [1.807, 2.05) is 13.8 Å². The average molecular weight is 259 g/mol. The number of hydrogen-bond acceptors (Lipinski definition) is 4. The summed E-state index contributed by atoms with van der Waals surface area (Å²) in [6.45, 7) is 11.8. The van der Waals surface area contributed by atoms with Gasteiger partial charge in [0.2, 0.25) is 5.91 Å². The van der Waals surface area contributed by atoms with Crippen molar-refractivity contribution in [3.05, 3.63) is 0 Å². The van der Waals surface area contributed by atoms with Crippen molar-refractivity contribution in [3.63, 3.8) is 0 Å². The lowest BCUT2D eigenvalue weighted by Gasteiger charge is -2.22. The van der Waals surface area contributed by atoms with Gasteiger partial charge in [0.15, 0.2) is 0 Å². The van der Waals surface area contributed by atoms with Crippen molar-refractivity contribution in [1.29, 1.82) is 0 Å². The zero-order valence-corrected chi connectivity index (χ0v) is 12.2. The molecule has 0 radical (unpaired) electrons. The van der Waals surface area contributed by atoms with Crippen molar-refractivity contribution in [1.82, 2.24) is 15.5 Å². The molecule has 0 aromatic rings. The zero-order valence-electron chi connectivity index (χ0n) is 12.2. The summed E-state index contributed by atoms with van der Waals surface area (Å²) in [5.41, 5.74) is 0. The molecular formula is C13H29N3O2. The molecule has 0 aromatic heterocycles. The highest BCUT2D eigenvalue weighted by atomic mass is 16.3. The monoisotopic (exact) mass is 259 g/mol. The highest BCUT2D eigenvalue weighted by Gasteiger charge is 2.08. The van der Waals surface area contributed by atoms with Gasteiger partial charge >= 0.3 is 0 Å². The Hall–Kier alpha value is -0.650. The molecule has 0 heterocycles. The number of rotatable bonds is 10. The maximum atomic E-state index is 11.3. The Morgan fingerprint density at radius 3 is 2.39 bits per heavy atom. The van der Waals surface area contributed by atoms with Gasteiger partial charge in [0.1, 0.15) is 0 Å². The summed E-state index contributed by atoms with van der Waals surface area (Å²) < 4.78 is 0. The number of aliphatic hydroxyl groups is 1. The summed E-state index contributed by atoms with van der Waals surface area (Å²) >= 11 is 0. The van der Waals surface area contributed by atoms with Gasteiger partial charge in [-0.15, -0.1) is 0 Å². The number of hydrogen-bond donors (Lipinski definition) is 3. The highest BCUT2D eigenvalue weighted by molar-refractivity contribution is 5.76. The van der Waals surface area contributed by atoms with Crippen LogP contribution >= 0.6 is 0 Å². The van der Waals surface area contributed by atoms with Gasteiger partial charge in [-0.3, -0.25) is 4.79 Å². The second kappa shape index (κ2) is 10.3. The first-order chi connectivity index (χ1) is 8.49. The Labute approximate surface area is 111 Å². The van der Waals surface area contributed by atoms with Crippen LogP contribution in [0.15, 0.2) is 0 Å². The summed E-state index contributed by atoms with van der Waals surface area (Å²) in [5.74, 6) is 0.0516. The standard InChI is InChI=1S/C13H29N3O2/c1-5-16(6-2)10-12(17)9-14-8-7-13(18)15-11(3)4/h11-12,14,17H,5-10H2,1-4H3,(H,15,18). The largest absolute Gasteiger partial charge is 0.390 e. The molecule has 3 N–H and O–H groups in total. The number of likely N-dealkylation sites (N-methyl/N-ethyl adjacent to an activating group) is 1. The van der Waals surface area contributed by atoms with Crippen LogP contribution in [0.25, 0.3) is 0 Å². The summed E-state index contributed by atoms with van der Waals surface area (Å²) in [4.78, 5) is 13.5. The van der Waals surface area contributed by atoms with Gasteiger partial charge in [-0.2, -0.15) is 0 Å². The highest BCUT2D eigenvalue weighted by Crippen LogP contribution is 1.91. The summed E-state index contributed by atoms with van der Waals surface area (Å²) in [6.07, 6.45) is 0.0777. The van der Waals surface area contributed by atoms with Crippen molar-refractivity contribution in [2.45, 2.75) is 46.3 Å². The summed E-state index contributed by atoms with van der Waals surface area (Å²) in [7, 11) is 0. The predicted molar refractivity (Wildman–Crippen MR) is 74.6 cm³/mol. The van der Waals surface area contributed by atoms with Crippen LogP contribution in [0.2, 0.25) is 0 Å². The number of carbonyl (C=O) groups excluding carboxylic acids is 1. The molecule has 0 bridgehead atoms. The first-order valence-electron chi connectivity index (χ1n) is 6.90. The number of nitrogens with one attached hydrogen (secondary N) is 2. The first kappa shape index (κ1) is 17.4. The molecule has 5 heteroatoms. The molecule has 1 amide bonds. The van der Waals surface area contributed by atoms with E-state index >= 15 is 0 Å². The van der Waals surface area contributed by atoms with Gasteiger partial charge in [-0.1, -0.05) is 13.8 Å². The molecule has 0 spiro atoms. The molecule has 5 nitrogen and oxygen atoms in total. The predicted octanol–water partition coefficient (Wildman–Crippen LogP) is 0.193. The van der Waals surface area contributed by atoms with Crippen LogP contribution in [-0.2, 0) is 4.79 Å². The Bertz CT molecular complexity index is 218. The van der Waals surface area contributed by atoms with Gasteiger partial charge in [0.25, 0.3) is 0 Å². The lowest BCUT2D eigenvalue weighted by Crippen LogP contribution is -2.39. The molecule has 0 aromatic carbocycles. The number of amides is 1. The van der Waals surface area contributed by atoms with Crippen LogP contribution in [0.3, 0.4) is 0 Å². The third-order valence-corrected chi connectivity index (χ3v) is 2.72. The first-order valence-corrected chi connectivity index (χ1v) is 6.90. The van der Waals surface area contributed by atoms with Gasteiger partial charge < -0.3 is 20.6 Å². The third kappa shape index (κ3) is 9.39. The van der Waals surface area contributed by atoms with Crippen LogP contribution in [0.5, 0.6) is 0 Å². The van der Waals surface area contributed by atoms with E-state index in [0.717, 1.165) is 13.1 Å². The van der Waals surface area contributed by atoms with Crippen molar-refractivity contribution < 1.29 is 9.90 Å². The van der Waals surface area contributed by atoms with E-state index in [-0.39, 0.29) is 18.1 Å². The molecule has 0 aliphatic carbocycles. The minimum absolute atomic E-state index is 0.0516. The van der Waals surface area contributed by atoms with Gasteiger partial charge in [-0.05, 0) is 26.9 Å². The van der Waals surface area contributed by atoms with Gasteiger partial charge in [0.05, 0.1) is 6.10 Å². The van der Waals surface area contributed by atoms with Crippen molar-refractivity contribution in [3.8, 4) is 0 Å². The van der Waals surface area contributed by atoms with Gasteiger partial charge in [-0.25, -0.2) is 0 Å². The molecule has 1 unspecified atom stereocenters. The molecule has 0 aliphatic heterocycles. The van der Waals surface area contributed by atoms with Crippen LogP contribution in [0.4, 0.5) is 0 Å². The molecule has 0 saturated heterocycles. The summed E-state index contributed by atoms with van der Waals surface area (Å²) in [6, 6.07) is 0.186. The fourth-order valence-electron chi connectivity index (χ4n) is 1.71. The second-order valence-corrected chi connectivity index (χ2v) is 4.82. The SMILES string of the molecule is CCN(CC)CC(O)CNCCC(=O)NC(C)C. The lowest BCUT2D eigenvalue weighted by atomic mass is 10.3. The van der Waals surface area contributed by atoms with Crippen LogP contribution in [-0.4, -0.2) is 60.8 Å². The van der Waals surface area contributed by atoms with E-state index in [1.54, 1.807) is 0 Å². The van der Waals surface area contributed by atoms with E-state index < -0.39 is 0 Å². The van der Waals surface area contributed by atoms with E-state index in [4.69, 9.17) is 0 Å². The Morgan fingerprint density at radius 2 is 1.89 bits per heavy atom. The molecule has 0 aliphatic rings. The summed E-state index contributed by atoms with van der Waals surface area (Å²) in [5, 5.41) is 15.7. The molecule has 0 saturated carbocycles. The van der Waals surface area contributed by atoms with Crippen LogP contribution < -0.4 is 10.6 Å². The minimum Gasteiger partial charge on any atom is -0.390 e. The Kier molecular flexibility index (Phi) is 9.92. The topological polar surface area (TPSA) is 64.6 Å². The third-order valence-electron chi connectivity index (χ3n) is 2.72. The zero-order chi connectivity index (χ0) is 14.0. The van der Waals surface area contributed by atoms with Crippen LogP contribution in [0.1, 0.15) is 34.1 Å². The van der Waals surface area contributed by atoms with E-state index in [2.05, 4.69) is 29.4 Å². The molecule has 108 valence electrons.